The van der Waals surface area contributed by atoms with Crippen molar-refractivity contribution in [3.05, 3.63) is 99.1 Å². The number of nitrogens with one attached hydrogen (secondary N) is 1. The molecule has 1 N–H and O–H groups in total. The summed E-state index contributed by atoms with van der Waals surface area (Å²) in [5.41, 5.74) is 3.51. The Morgan fingerprint density at radius 2 is 1.69 bits per heavy atom. The van der Waals surface area contributed by atoms with Crippen LogP contribution in [0, 0.1) is 3.57 Å². The minimum Gasteiger partial charge on any atom is -0.322 e. The lowest BCUT2D eigenvalue weighted by Gasteiger charge is -2.24. The number of nitrogens with zero attached hydrogens (tertiary/aromatic N) is 1. The average molecular weight is 514 g/mol. The molecule has 1 atom stereocenters. The van der Waals surface area contributed by atoms with E-state index >= 15 is 0 Å². The maximum atomic E-state index is 12.5. The summed E-state index contributed by atoms with van der Waals surface area (Å²) in [6, 6.07) is 25.2. The van der Waals surface area contributed by atoms with Gasteiger partial charge in [-0.1, -0.05) is 42.5 Å². The lowest BCUT2D eigenvalue weighted by molar-refractivity contribution is -0.128. The van der Waals surface area contributed by atoms with E-state index in [-0.39, 0.29) is 17.2 Å². The lowest BCUT2D eigenvalue weighted by atomic mass is 10.1. The SMILES string of the molecule is O=C(Nc1ccc(I)cc1)c1ccc([C@H]2SCC(=O)N2Cc2ccccc2)cc1. The van der Waals surface area contributed by atoms with Crippen LogP contribution in [0.1, 0.15) is 26.9 Å². The number of amides is 2. The number of halogens is 1. The van der Waals surface area contributed by atoms with E-state index in [9.17, 15) is 9.59 Å². The van der Waals surface area contributed by atoms with Crippen molar-refractivity contribution in [2.24, 2.45) is 0 Å². The summed E-state index contributed by atoms with van der Waals surface area (Å²) in [4.78, 5) is 26.8. The van der Waals surface area contributed by atoms with Crippen LogP contribution in [0.4, 0.5) is 5.69 Å². The smallest absolute Gasteiger partial charge is 0.255 e. The lowest BCUT2D eigenvalue weighted by Crippen LogP contribution is -2.27. The van der Waals surface area contributed by atoms with Crippen LogP contribution < -0.4 is 5.32 Å². The summed E-state index contributed by atoms with van der Waals surface area (Å²) in [5.74, 6) is 0.477. The zero-order chi connectivity index (χ0) is 20.2. The number of benzene rings is 3. The average Bonchev–Trinajstić information content (AvgIpc) is 3.11. The zero-order valence-electron chi connectivity index (χ0n) is 15.5. The highest BCUT2D eigenvalue weighted by molar-refractivity contribution is 14.1. The second-order valence-corrected chi connectivity index (χ2v) is 9.07. The first-order valence-electron chi connectivity index (χ1n) is 9.22. The fourth-order valence-electron chi connectivity index (χ4n) is 3.22. The molecule has 3 aromatic carbocycles. The third kappa shape index (κ3) is 4.82. The van der Waals surface area contributed by atoms with Gasteiger partial charge in [0.05, 0.1) is 5.75 Å². The van der Waals surface area contributed by atoms with Crippen LogP contribution in [-0.4, -0.2) is 22.5 Å². The third-order valence-corrected chi connectivity index (χ3v) is 6.70. The van der Waals surface area contributed by atoms with Gasteiger partial charge >= 0.3 is 0 Å². The summed E-state index contributed by atoms with van der Waals surface area (Å²) in [5, 5.41) is 2.88. The summed E-state index contributed by atoms with van der Waals surface area (Å²) >= 11 is 3.85. The van der Waals surface area contributed by atoms with Gasteiger partial charge in [0.2, 0.25) is 5.91 Å². The van der Waals surface area contributed by atoms with Crippen LogP contribution in [0.15, 0.2) is 78.9 Å². The van der Waals surface area contributed by atoms with E-state index in [1.54, 1.807) is 11.8 Å². The van der Waals surface area contributed by atoms with Crippen molar-refractivity contribution in [3.63, 3.8) is 0 Å². The van der Waals surface area contributed by atoms with E-state index in [0.29, 0.717) is 17.9 Å². The third-order valence-electron chi connectivity index (χ3n) is 4.72. The first kappa shape index (κ1) is 20.0. The predicted octanol–water partition coefficient (Wildman–Crippen LogP) is 5.32. The van der Waals surface area contributed by atoms with Gasteiger partial charge in [-0.15, -0.1) is 11.8 Å². The minimum atomic E-state index is -0.144. The Kier molecular flexibility index (Phi) is 6.20. The van der Waals surface area contributed by atoms with Gasteiger partial charge in [-0.25, -0.2) is 0 Å². The van der Waals surface area contributed by atoms with Gasteiger partial charge in [-0.3, -0.25) is 9.59 Å². The van der Waals surface area contributed by atoms with Crippen molar-refractivity contribution < 1.29 is 9.59 Å². The Bertz CT molecular complexity index is 1010. The van der Waals surface area contributed by atoms with E-state index in [0.717, 1.165) is 20.4 Å². The first-order chi connectivity index (χ1) is 14.1. The van der Waals surface area contributed by atoms with Crippen molar-refractivity contribution in [2.75, 3.05) is 11.1 Å². The number of carbonyl (C=O) groups excluding carboxylic acids is 2. The Morgan fingerprint density at radius 3 is 2.38 bits per heavy atom. The minimum absolute atomic E-state index is 0.0315. The molecule has 146 valence electrons. The molecule has 0 unspecified atom stereocenters. The molecular weight excluding hydrogens is 495 g/mol. The van der Waals surface area contributed by atoms with Gasteiger partial charge in [0.25, 0.3) is 5.91 Å². The van der Waals surface area contributed by atoms with Gasteiger partial charge in [0.1, 0.15) is 5.37 Å². The normalized spacial score (nSPS) is 16.1. The molecule has 4 rings (SSSR count). The molecule has 1 heterocycles. The van der Waals surface area contributed by atoms with E-state index < -0.39 is 0 Å². The van der Waals surface area contributed by atoms with Crippen molar-refractivity contribution >= 4 is 51.9 Å². The molecule has 0 bridgehead atoms. The molecule has 1 aliphatic heterocycles. The molecule has 0 radical (unpaired) electrons. The van der Waals surface area contributed by atoms with Gasteiger partial charge in [0, 0.05) is 21.4 Å². The maximum Gasteiger partial charge on any atom is 0.255 e. The van der Waals surface area contributed by atoms with Crippen LogP contribution in [0.25, 0.3) is 0 Å². The molecule has 4 nitrogen and oxygen atoms in total. The number of rotatable bonds is 5. The van der Waals surface area contributed by atoms with Crippen LogP contribution in [-0.2, 0) is 11.3 Å². The van der Waals surface area contributed by atoms with Crippen molar-refractivity contribution in [2.45, 2.75) is 11.9 Å². The van der Waals surface area contributed by atoms with Crippen molar-refractivity contribution in [1.82, 2.24) is 4.90 Å². The number of anilines is 1. The first-order valence-corrected chi connectivity index (χ1v) is 11.3. The largest absolute Gasteiger partial charge is 0.322 e. The highest BCUT2D eigenvalue weighted by atomic mass is 127. The van der Waals surface area contributed by atoms with Crippen LogP contribution in [0.3, 0.4) is 0 Å². The molecule has 0 aromatic heterocycles. The second kappa shape index (κ2) is 9.00. The molecule has 29 heavy (non-hydrogen) atoms. The molecule has 1 saturated heterocycles. The highest BCUT2D eigenvalue weighted by Crippen LogP contribution is 2.39. The summed E-state index contributed by atoms with van der Waals surface area (Å²) < 4.78 is 1.12. The zero-order valence-corrected chi connectivity index (χ0v) is 18.5. The van der Waals surface area contributed by atoms with Gasteiger partial charge in [0.15, 0.2) is 0 Å². The Morgan fingerprint density at radius 1 is 1.00 bits per heavy atom. The fraction of sp³-hybridized carbons (Fsp3) is 0.130. The van der Waals surface area contributed by atoms with Crippen molar-refractivity contribution in [3.8, 4) is 0 Å². The Hall–Kier alpha value is -2.32. The molecule has 3 aromatic rings. The quantitative estimate of drug-likeness (QED) is 0.470. The van der Waals surface area contributed by atoms with Crippen LogP contribution >= 0.6 is 34.4 Å². The fourth-order valence-corrected chi connectivity index (χ4v) is 4.76. The molecule has 6 heteroatoms. The predicted molar refractivity (Wildman–Crippen MR) is 126 cm³/mol. The molecule has 1 aliphatic rings. The Labute approximate surface area is 187 Å². The summed E-state index contributed by atoms with van der Waals surface area (Å²) in [6.07, 6.45) is 0. The maximum absolute atomic E-state index is 12.5. The Balaban J connectivity index is 1.47. The standard InChI is InChI=1S/C23H19IN2O2S/c24-19-10-12-20(13-11-19)25-22(28)17-6-8-18(9-7-17)23-26(21(27)15-29-23)14-16-4-2-1-3-5-16/h1-13,23H,14-15H2,(H,25,28)/t23-/m1/s1. The van der Waals surface area contributed by atoms with Crippen LogP contribution in [0.5, 0.6) is 0 Å². The number of hydrogen-bond acceptors (Lipinski definition) is 3. The van der Waals surface area contributed by atoms with E-state index in [1.807, 2.05) is 83.8 Å². The molecular formula is C23H19IN2O2S. The topological polar surface area (TPSA) is 49.4 Å². The monoisotopic (exact) mass is 514 g/mol. The second-order valence-electron chi connectivity index (χ2n) is 6.75. The summed E-state index contributed by atoms with van der Waals surface area (Å²) in [7, 11) is 0. The van der Waals surface area contributed by atoms with E-state index in [2.05, 4.69) is 27.9 Å². The molecule has 2 amide bonds. The molecule has 0 aliphatic carbocycles. The molecule has 1 fully saturated rings. The van der Waals surface area contributed by atoms with Gasteiger partial charge in [-0.2, -0.15) is 0 Å². The highest BCUT2D eigenvalue weighted by Gasteiger charge is 2.32. The van der Waals surface area contributed by atoms with Crippen LogP contribution in [0.2, 0.25) is 0 Å². The van der Waals surface area contributed by atoms with Crippen molar-refractivity contribution in [1.29, 1.82) is 0 Å². The summed E-state index contributed by atoms with van der Waals surface area (Å²) in [6.45, 7) is 0.590. The number of hydrogen-bond donors (Lipinski definition) is 1. The van der Waals surface area contributed by atoms with E-state index in [4.69, 9.17) is 0 Å². The van der Waals surface area contributed by atoms with Gasteiger partial charge < -0.3 is 10.2 Å². The molecule has 0 saturated carbocycles. The molecule has 0 spiro atoms. The number of thioether (sulfide) groups is 1. The van der Waals surface area contributed by atoms with E-state index in [1.165, 1.54) is 0 Å². The number of carbonyl (C=O) groups is 2. The van der Waals surface area contributed by atoms with Gasteiger partial charge in [-0.05, 0) is 70.1 Å².